The summed E-state index contributed by atoms with van der Waals surface area (Å²) in [7, 11) is 1.78. The Bertz CT molecular complexity index is 425. The number of rotatable bonds is 6. The Morgan fingerprint density at radius 2 is 1.90 bits per heavy atom. The second kappa shape index (κ2) is 8.28. The highest BCUT2D eigenvalue weighted by atomic mass is 16.5. The lowest BCUT2D eigenvalue weighted by Crippen LogP contribution is -2.25. The first-order chi connectivity index (χ1) is 10.2. The van der Waals surface area contributed by atoms with Crippen LogP contribution in [-0.2, 0) is 6.54 Å². The van der Waals surface area contributed by atoms with Gasteiger partial charge in [-0.3, -0.25) is 0 Å². The fourth-order valence-corrected chi connectivity index (χ4v) is 2.84. The molecule has 118 valence electrons. The van der Waals surface area contributed by atoms with Gasteiger partial charge in [-0.15, -0.1) is 0 Å². The summed E-state index contributed by atoms with van der Waals surface area (Å²) in [6, 6.07) is 7.21. The van der Waals surface area contributed by atoms with Crippen molar-refractivity contribution in [3.8, 4) is 5.75 Å². The number of hydrogen-bond donors (Lipinski definition) is 1. The van der Waals surface area contributed by atoms with Crippen LogP contribution in [0.15, 0.2) is 18.2 Å². The van der Waals surface area contributed by atoms with Crippen molar-refractivity contribution >= 4 is 5.69 Å². The Morgan fingerprint density at radius 1 is 1.19 bits per heavy atom. The van der Waals surface area contributed by atoms with Crippen molar-refractivity contribution in [3.05, 3.63) is 23.8 Å². The molecule has 1 heterocycles. The zero-order valence-corrected chi connectivity index (χ0v) is 13.8. The fraction of sp³-hybridized carbons (Fsp3) is 0.667. The fourth-order valence-electron chi connectivity index (χ4n) is 2.84. The zero-order valence-electron chi connectivity index (χ0n) is 13.8. The van der Waals surface area contributed by atoms with E-state index in [1.807, 2.05) is 0 Å². The maximum absolute atomic E-state index is 5.64. The third-order valence-corrected chi connectivity index (χ3v) is 4.46. The smallest absolute Gasteiger partial charge is 0.142 e. The number of hydrogen-bond acceptors (Lipinski definition) is 3. The van der Waals surface area contributed by atoms with E-state index < -0.39 is 0 Å². The number of anilines is 1. The number of ether oxygens (including phenoxy) is 1. The number of nitrogens with zero attached hydrogens (tertiary/aromatic N) is 1. The lowest BCUT2D eigenvalue weighted by Gasteiger charge is -2.25. The minimum atomic E-state index is 0.557. The third-order valence-electron chi connectivity index (χ3n) is 4.46. The highest BCUT2D eigenvalue weighted by molar-refractivity contribution is 5.60. The molecule has 0 saturated carbocycles. The molecule has 1 aromatic carbocycles. The van der Waals surface area contributed by atoms with Crippen LogP contribution in [0, 0.1) is 0 Å². The lowest BCUT2D eigenvalue weighted by molar-refractivity contribution is 0.413. The Hall–Kier alpha value is -1.22. The SMILES string of the molecule is CCC(C)NCc1ccc(N2CCCCCC2)c(OC)c1. The Balaban J connectivity index is 2.08. The lowest BCUT2D eigenvalue weighted by atomic mass is 10.1. The molecule has 0 aliphatic carbocycles. The molecule has 0 bridgehead atoms. The van der Waals surface area contributed by atoms with E-state index in [1.54, 1.807) is 7.11 Å². The van der Waals surface area contributed by atoms with E-state index in [-0.39, 0.29) is 0 Å². The molecular weight excluding hydrogens is 260 g/mol. The van der Waals surface area contributed by atoms with Gasteiger partial charge in [0.2, 0.25) is 0 Å². The summed E-state index contributed by atoms with van der Waals surface area (Å²) in [6.07, 6.45) is 6.45. The average Bonchev–Trinajstić information content (AvgIpc) is 2.81. The number of methoxy groups -OCH3 is 1. The molecule has 3 heteroatoms. The van der Waals surface area contributed by atoms with Crippen LogP contribution in [0.5, 0.6) is 5.75 Å². The molecule has 0 radical (unpaired) electrons. The second-order valence-corrected chi connectivity index (χ2v) is 6.10. The van der Waals surface area contributed by atoms with Gasteiger partial charge in [-0.25, -0.2) is 0 Å². The molecule has 1 aliphatic heterocycles. The van der Waals surface area contributed by atoms with E-state index in [4.69, 9.17) is 4.74 Å². The van der Waals surface area contributed by atoms with Crippen molar-refractivity contribution in [1.82, 2.24) is 5.32 Å². The Kier molecular flexibility index (Phi) is 6.37. The molecule has 1 aliphatic rings. The van der Waals surface area contributed by atoms with Crippen LogP contribution >= 0.6 is 0 Å². The van der Waals surface area contributed by atoms with Crippen molar-refractivity contribution in [3.63, 3.8) is 0 Å². The van der Waals surface area contributed by atoms with Crippen LogP contribution in [0.3, 0.4) is 0 Å². The minimum absolute atomic E-state index is 0.557. The predicted octanol–water partition coefficient (Wildman–Crippen LogP) is 3.96. The van der Waals surface area contributed by atoms with Gasteiger partial charge in [-0.2, -0.15) is 0 Å². The molecule has 0 spiro atoms. The van der Waals surface area contributed by atoms with E-state index in [2.05, 4.69) is 42.3 Å². The van der Waals surface area contributed by atoms with Gasteiger partial charge in [0.1, 0.15) is 5.75 Å². The van der Waals surface area contributed by atoms with Crippen LogP contribution in [0.25, 0.3) is 0 Å². The summed E-state index contributed by atoms with van der Waals surface area (Å²) in [4.78, 5) is 2.48. The van der Waals surface area contributed by atoms with Crippen LogP contribution < -0.4 is 15.0 Å². The van der Waals surface area contributed by atoms with Gasteiger partial charge < -0.3 is 15.0 Å². The highest BCUT2D eigenvalue weighted by Crippen LogP contribution is 2.31. The minimum Gasteiger partial charge on any atom is -0.495 e. The summed E-state index contributed by atoms with van der Waals surface area (Å²) in [5, 5.41) is 3.54. The summed E-state index contributed by atoms with van der Waals surface area (Å²) < 4.78 is 5.64. The first kappa shape index (κ1) is 16.2. The average molecular weight is 290 g/mol. The Labute approximate surface area is 129 Å². The van der Waals surface area contributed by atoms with Crippen molar-refractivity contribution in [2.45, 2.75) is 58.5 Å². The predicted molar refractivity (Wildman–Crippen MR) is 90.3 cm³/mol. The molecule has 3 nitrogen and oxygen atoms in total. The third kappa shape index (κ3) is 4.63. The molecule has 1 aromatic rings. The molecular formula is C18H30N2O. The van der Waals surface area contributed by atoms with E-state index >= 15 is 0 Å². The Morgan fingerprint density at radius 3 is 2.52 bits per heavy atom. The molecule has 1 unspecified atom stereocenters. The van der Waals surface area contributed by atoms with Crippen LogP contribution in [0.1, 0.15) is 51.5 Å². The highest BCUT2D eigenvalue weighted by Gasteiger charge is 2.14. The second-order valence-electron chi connectivity index (χ2n) is 6.10. The van der Waals surface area contributed by atoms with Gasteiger partial charge in [0.25, 0.3) is 0 Å². The number of nitrogens with one attached hydrogen (secondary N) is 1. The molecule has 1 fully saturated rings. The van der Waals surface area contributed by atoms with Gasteiger partial charge in [0.05, 0.1) is 12.8 Å². The van der Waals surface area contributed by atoms with E-state index in [0.717, 1.165) is 31.8 Å². The van der Waals surface area contributed by atoms with Gasteiger partial charge in [-0.05, 0) is 43.9 Å². The normalized spacial score (nSPS) is 17.4. The van der Waals surface area contributed by atoms with E-state index in [9.17, 15) is 0 Å². The van der Waals surface area contributed by atoms with Crippen LogP contribution in [-0.4, -0.2) is 26.2 Å². The maximum Gasteiger partial charge on any atom is 0.142 e. The topological polar surface area (TPSA) is 24.5 Å². The van der Waals surface area contributed by atoms with E-state index in [0.29, 0.717) is 6.04 Å². The first-order valence-electron chi connectivity index (χ1n) is 8.39. The van der Waals surface area contributed by atoms with Gasteiger partial charge in [0.15, 0.2) is 0 Å². The van der Waals surface area contributed by atoms with Gasteiger partial charge in [0, 0.05) is 25.7 Å². The molecule has 1 saturated heterocycles. The summed E-state index contributed by atoms with van der Waals surface area (Å²) in [5.74, 6) is 1.01. The standard InChI is InChI=1S/C18H30N2O/c1-4-15(2)19-14-16-9-10-17(18(13-16)21-3)20-11-7-5-6-8-12-20/h9-10,13,15,19H,4-8,11-12,14H2,1-3H3. The van der Waals surface area contributed by atoms with Crippen LogP contribution in [0.2, 0.25) is 0 Å². The largest absolute Gasteiger partial charge is 0.495 e. The van der Waals surface area contributed by atoms with Crippen molar-refractivity contribution < 1.29 is 4.74 Å². The maximum atomic E-state index is 5.64. The van der Waals surface area contributed by atoms with Crippen molar-refractivity contribution in [2.24, 2.45) is 0 Å². The molecule has 0 aromatic heterocycles. The van der Waals surface area contributed by atoms with E-state index in [1.165, 1.54) is 36.9 Å². The summed E-state index contributed by atoms with van der Waals surface area (Å²) in [5.41, 5.74) is 2.55. The summed E-state index contributed by atoms with van der Waals surface area (Å²) >= 11 is 0. The molecule has 0 amide bonds. The summed E-state index contributed by atoms with van der Waals surface area (Å²) in [6.45, 7) is 7.65. The molecule has 21 heavy (non-hydrogen) atoms. The molecule has 1 atom stereocenters. The molecule has 2 rings (SSSR count). The first-order valence-corrected chi connectivity index (χ1v) is 8.39. The number of benzene rings is 1. The van der Waals surface area contributed by atoms with Crippen molar-refractivity contribution in [2.75, 3.05) is 25.1 Å². The van der Waals surface area contributed by atoms with Crippen LogP contribution in [0.4, 0.5) is 5.69 Å². The zero-order chi connectivity index (χ0) is 15.1. The van der Waals surface area contributed by atoms with Gasteiger partial charge >= 0.3 is 0 Å². The van der Waals surface area contributed by atoms with Crippen molar-refractivity contribution in [1.29, 1.82) is 0 Å². The molecule has 1 N–H and O–H groups in total. The quantitative estimate of drug-likeness (QED) is 0.858. The van der Waals surface area contributed by atoms with Gasteiger partial charge in [-0.1, -0.05) is 25.8 Å². The monoisotopic (exact) mass is 290 g/mol.